The fourth-order valence-electron chi connectivity index (χ4n) is 1.80. The number of carboxylic acid groups (broad SMARTS) is 1. The first kappa shape index (κ1) is 17.4. The summed E-state index contributed by atoms with van der Waals surface area (Å²) < 4.78 is 0. The second-order valence-electron chi connectivity index (χ2n) is 4.94. The number of carboxylic acids is 1. The number of carbonyl (C=O) groups is 2. The van der Waals surface area contributed by atoms with E-state index in [1.54, 1.807) is 11.8 Å². The monoisotopic (exact) mass is 310 g/mol. The summed E-state index contributed by atoms with van der Waals surface area (Å²) in [6, 6.07) is 7.39. The lowest BCUT2D eigenvalue weighted by Crippen LogP contribution is -2.30. The van der Waals surface area contributed by atoms with Gasteiger partial charge in [0.15, 0.2) is 0 Å². The van der Waals surface area contributed by atoms with Gasteiger partial charge in [0.2, 0.25) is 0 Å². The lowest BCUT2D eigenvalue weighted by atomic mass is 10.0. The van der Waals surface area contributed by atoms with Crippen LogP contribution in [0.25, 0.3) is 0 Å². The molecule has 0 saturated carbocycles. The van der Waals surface area contributed by atoms with Crippen molar-refractivity contribution < 1.29 is 14.7 Å². The second kappa shape index (κ2) is 9.28. The maximum atomic E-state index is 11.7. The van der Waals surface area contributed by atoms with Crippen molar-refractivity contribution in [3.63, 3.8) is 0 Å². The van der Waals surface area contributed by atoms with Gasteiger partial charge in [-0.1, -0.05) is 6.92 Å². The third-order valence-electron chi connectivity index (χ3n) is 3.12. The molecule has 0 saturated heterocycles. The number of urea groups is 1. The predicted octanol–water partition coefficient (Wildman–Crippen LogP) is 3.42. The van der Waals surface area contributed by atoms with Gasteiger partial charge in [-0.05, 0) is 49.3 Å². The Bertz CT molecular complexity index is 462. The Morgan fingerprint density at radius 1 is 1.24 bits per heavy atom. The molecule has 1 aromatic carbocycles. The number of rotatable bonds is 8. The third-order valence-corrected chi connectivity index (χ3v) is 3.87. The Kier molecular flexibility index (Phi) is 7.68. The van der Waals surface area contributed by atoms with Gasteiger partial charge < -0.3 is 15.7 Å². The number of aliphatic carboxylic acids is 1. The molecule has 116 valence electrons. The number of nitrogens with one attached hydrogen (secondary N) is 2. The zero-order chi connectivity index (χ0) is 15.7. The molecule has 6 heteroatoms. The van der Waals surface area contributed by atoms with Crippen LogP contribution < -0.4 is 10.6 Å². The van der Waals surface area contributed by atoms with Crippen LogP contribution in [0.5, 0.6) is 0 Å². The van der Waals surface area contributed by atoms with Crippen LogP contribution in [0.2, 0.25) is 0 Å². The number of hydrogen-bond donors (Lipinski definition) is 3. The summed E-state index contributed by atoms with van der Waals surface area (Å²) in [5.41, 5.74) is 0.754. The molecule has 0 fully saturated rings. The van der Waals surface area contributed by atoms with E-state index in [2.05, 4.69) is 10.6 Å². The molecule has 0 aliphatic carbocycles. The van der Waals surface area contributed by atoms with Crippen LogP contribution >= 0.6 is 11.8 Å². The minimum Gasteiger partial charge on any atom is -0.481 e. The number of thioether (sulfide) groups is 1. The average molecular weight is 310 g/mol. The zero-order valence-electron chi connectivity index (χ0n) is 12.4. The molecule has 0 bridgehead atoms. The van der Waals surface area contributed by atoms with Crippen LogP contribution in [0, 0.1) is 5.92 Å². The summed E-state index contributed by atoms with van der Waals surface area (Å²) in [7, 11) is 0. The van der Waals surface area contributed by atoms with Crippen molar-refractivity contribution in [3.05, 3.63) is 24.3 Å². The molecule has 0 spiro atoms. The van der Waals surface area contributed by atoms with E-state index >= 15 is 0 Å². The van der Waals surface area contributed by atoms with Gasteiger partial charge in [-0.15, -0.1) is 11.8 Å². The number of hydrogen-bond acceptors (Lipinski definition) is 3. The van der Waals surface area contributed by atoms with Crippen LogP contribution in [0.4, 0.5) is 10.5 Å². The first-order valence-corrected chi connectivity index (χ1v) is 8.14. The molecular formula is C15H22N2O3S. The largest absolute Gasteiger partial charge is 0.481 e. The number of carbonyl (C=O) groups excluding carboxylic acids is 1. The van der Waals surface area contributed by atoms with Gasteiger partial charge in [-0.2, -0.15) is 0 Å². The van der Waals surface area contributed by atoms with Gasteiger partial charge in [0.05, 0.1) is 0 Å². The van der Waals surface area contributed by atoms with Crippen molar-refractivity contribution >= 4 is 29.4 Å². The normalized spacial score (nSPS) is 11.7. The van der Waals surface area contributed by atoms with Gasteiger partial charge in [0, 0.05) is 23.5 Å². The molecule has 5 nitrogen and oxygen atoms in total. The number of benzene rings is 1. The van der Waals surface area contributed by atoms with Crippen molar-refractivity contribution in [1.82, 2.24) is 5.32 Å². The SMILES string of the molecule is CSc1ccc(NC(=O)NCCC(C)CCC(=O)O)cc1. The Morgan fingerprint density at radius 2 is 1.90 bits per heavy atom. The molecule has 1 atom stereocenters. The number of anilines is 1. The maximum Gasteiger partial charge on any atom is 0.319 e. The van der Waals surface area contributed by atoms with E-state index in [0.717, 1.165) is 17.0 Å². The molecule has 3 N–H and O–H groups in total. The van der Waals surface area contributed by atoms with E-state index in [0.29, 0.717) is 13.0 Å². The molecule has 0 heterocycles. The van der Waals surface area contributed by atoms with Gasteiger partial charge in [0.25, 0.3) is 0 Å². The van der Waals surface area contributed by atoms with Crippen molar-refractivity contribution in [2.75, 3.05) is 18.1 Å². The summed E-state index contributed by atoms with van der Waals surface area (Å²) in [5.74, 6) is -0.497. The lowest BCUT2D eigenvalue weighted by molar-refractivity contribution is -0.137. The highest BCUT2D eigenvalue weighted by molar-refractivity contribution is 7.98. The van der Waals surface area contributed by atoms with Crippen LogP contribution in [0.1, 0.15) is 26.2 Å². The van der Waals surface area contributed by atoms with Crippen molar-refractivity contribution in [3.8, 4) is 0 Å². The van der Waals surface area contributed by atoms with E-state index < -0.39 is 5.97 Å². The summed E-state index contributed by atoms with van der Waals surface area (Å²) in [4.78, 5) is 23.3. The first-order chi connectivity index (χ1) is 10.0. The third kappa shape index (κ3) is 7.60. The number of amides is 2. The molecule has 0 aromatic heterocycles. The average Bonchev–Trinajstić information content (AvgIpc) is 2.46. The Labute approximate surface area is 129 Å². The van der Waals surface area contributed by atoms with E-state index in [9.17, 15) is 9.59 Å². The minimum atomic E-state index is -0.777. The lowest BCUT2D eigenvalue weighted by Gasteiger charge is -2.11. The molecule has 0 aliphatic heterocycles. The van der Waals surface area contributed by atoms with Crippen LogP contribution in [-0.2, 0) is 4.79 Å². The van der Waals surface area contributed by atoms with E-state index in [-0.39, 0.29) is 18.4 Å². The summed E-state index contributed by atoms with van der Waals surface area (Å²) in [5, 5.41) is 14.1. The summed E-state index contributed by atoms with van der Waals surface area (Å²) in [6.07, 6.45) is 3.58. The van der Waals surface area contributed by atoms with Crippen molar-refractivity contribution in [2.24, 2.45) is 5.92 Å². The Balaban J connectivity index is 2.22. The van der Waals surface area contributed by atoms with Crippen LogP contribution in [-0.4, -0.2) is 29.9 Å². The highest BCUT2D eigenvalue weighted by Crippen LogP contribution is 2.17. The van der Waals surface area contributed by atoms with E-state index in [4.69, 9.17) is 5.11 Å². The molecule has 1 rings (SSSR count). The molecule has 0 radical (unpaired) electrons. The predicted molar refractivity (Wildman–Crippen MR) is 85.9 cm³/mol. The molecule has 1 unspecified atom stereocenters. The maximum absolute atomic E-state index is 11.7. The Morgan fingerprint density at radius 3 is 2.48 bits per heavy atom. The second-order valence-corrected chi connectivity index (χ2v) is 5.82. The summed E-state index contributed by atoms with van der Waals surface area (Å²) >= 11 is 1.65. The topological polar surface area (TPSA) is 78.4 Å². The highest BCUT2D eigenvalue weighted by Gasteiger charge is 2.07. The zero-order valence-corrected chi connectivity index (χ0v) is 13.2. The first-order valence-electron chi connectivity index (χ1n) is 6.92. The molecular weight excluding hydrogens is 288 g/mol. The van der Waals surface area contributed by atoms with Gasteiger partial charge in [0.1, 0.15) is 0 Å². The van der Waals surface area contributed by atoms with E-state index in [1.807, 2.05) is 37.4 Å². The van der Waals surface area contributed by atoms with Crippen molar-refractivity contribution in [2.45, 2.75) is 31.1 Å². The quantitative estimate of drug-likeness (QED) is 0.643. The fourth-order valence-corrected chi connectivity index (χ4v) is 2.20. The standard InChI is InChI=1S/C15H22N2O3S/c1-11(3-8-14(18)19)9-10-16-15(20)17-12-4-6-13(21-2)7-5-12/h4-7,11H,3,8-10H2,1-2H3,(H,18,19)(H2,16,17,20). The molecule has 21 heavy (non-hydrogen) atoms. The van der Waals surface area contributed by atoms with Gasteiger partial charge >= 0.3 is 12.0 Å². The van der Waals surface area contributed by atoms with Gasteiger partial charge in [-0.25, -0.2) is 4.79 Å². The minimum absolute atomic E-state index is 0.176. The highest BCUT2D eigenvalue weighted by atomic mass is 32.2. The molecule has 2 amide bonds. The van der Waals surface area contributed by atoms with E-state index in [1.165, 1.54) is 0 Å². The molecule has 0 aliphatic rings. The summed E-state index contributed by atoms with van der Waals surface area (Å²) in [6.45, 7) is 2.53. The van der Waals surface area contributed by atoms with Crippen LogP contribution in [0.3, 0.4) is 0 Å². The Hall–Kier alpha value is -1.69. The van der Waals surface area contributed by atoms with Gasteiger partial charge in [-0.3, -0.25) is 4.79 Å². The molecule has 1 aromatic rings. The van der Waals surface area contributed by atoms with Crippen molar-refractivity contribution in [1.29, 1.82) is 0 Å². The smallest absolute Gasteiger partial charge is 0.319 e. The van der Waals surface area contributed by atoms with Crippen LogP contribution in [0.15, 0.2) is 29.2 Å². The fraction of sp³-hybridized carbons (Fsp3) is 0.467.